The summed E-state index contributed by atoms with van der Waals surface area (Å²) in [7, 11) is 1.99. The maximum Gasteiger partial charge on any atom is 0.303 e. The molecular weight excluding hydrogens is 312 g/mol. The van der Waals surface area contributed by atoms with E-state index < -0.39 is 5.97 Å². The number of nitrogens with zero attached hydrogens (tertiary/aromatic N) is 5. The van der Waals surface area contributed by atoms with Gasteiger partial charge in [-0.15, -0.1) is 0 Å². The summed E-state index contributed by atoms with van der Waals surface area (Å²) in [5, 5.41) is 8.69. The Labute approximate surface area is 139 Å². The number of aromatic nitrogens is 4. The summed E-state index contributed by atoms with van der Waals surface area (Å²) in [5.74, 6) is -0.389. The molecule has 1 aliphatic rings. The molecule has 0 spiro atoms. The molecule has 9 heteroatoms. The van der Waals surface area contributed by atoms with Crippen LogP contribution >= 0.6 is 0 Å². The first-order chi connectivity index (χ1) is 11.5. The van der Waals surface area contributed by atoms with Crippen LogP contribution in [0.3, 0.4) is 0 Å². The van der Waals surface area contributed by atoms with Crippen LogP contribution < -0.4 is 5.73 Å². The zero-order chi connectivity index (χ0) is 17.1. The van der Waals surface area contributed by atoms with E-state index in [0.29, 0.717) is 23.4 Å². The van der Waals surface area contributed by atoms with Crippen LogP contribution in [0.25, 0.3) is 11.2 Å². The Morgan fingerprint density at radius 3 is 3.08 bits per heavy atom. The minimum absolute atomic E-state index is 0.110. The summed E-state index contributed by atoms with van der Waals surface area (Å²) < 4.78 is 8.02. The van der Waals surface area contributed by atoms with Gasteiger partial charge in [0.15, 0.2) is 11.5 Å². The van der Waals surface area contributed by atoms with Crippen LogP contribution in [-0.2, 0) is 9.53 Å². The van der Waals surface area contributed by atoms with E-state index in [0.717, 1.165) is 25.9 Å². The second kappa shape index (κ2) is 7.10. The Kier molecular flexibility index (Phi) is 4.91. The summed E-state index contributed by atoms with van der Waals surface area (Å²) in [6.07, 6.45) is 5.78. The number of hydrogen-bond acceptors (Lipinski definition) is 7. The van der Waals surface area contributed by atoms with E-state index in [-0.39, 0.29) is 18.8 Å². The molecule has 0 saturated carbocycles. The van der Waals surface area contributed by atoms with Crippen LogP contribution in [-0.4, -0.2) is 61.7 Å². The lowest BCUT2D eigenvalue weighted by Gasteiger charge is -2.21. The van der Waals surface area contributed by atoms with E-state index >= 15 is 0 Å². The smallest absolute Gasteiger partial charge is 0.303 e. The highest BCUT2D eigenvalue weighted by Crippen LogP contribution is 2.31. The molecule has 1 aliphatic heterocycles. The minimum atomic E-state index is -0.756. The van der Waals surface area contributed by atoms with Gasteiger partial charge in [-0.05, 0) is 32.9 Å². The molecule has 0 unspecified atom stereocenters. The molecule has 2 aromatic rings. The molecule has 3 heterocycles. The average molecular weight is 334 g/mol. The minimum Gasteiger partial charge on any atom is -0.481 e. The van der Waals surface area contributed by atoms with Crippen LogP contribution in [0, 0.1) is 0 Å². The third-order valence-corrected chi connectivity index (χ3v) is 4.23. The van der Waals surface area contributed by atoms with Gasteiger partial charge in [-0.1, -0.05) is 0 Å². The zero-order valence-electron chi connectivity index (χ0n) is 13.6. The van der Waals surface area contributed by atoms with Crippen molar-refractivity contribution in [3.8, 4) is 0 Å². The highest BCUT2D eigenvalue weighted by Gasteiger charge is 2.28. The molecule has 0 amide bonds. The van der Waals surface area contributed by atoms with Crippen LogP contribution in [0.1, 0.15) is 31.9 Å². The number of nitrogen functional groups attached to an aromatic ring is 1. The standard InChI is InChI=1S/C15H22N6O3/c1-20(6-2-3-12(22)23)7-10-4-5-11(24-10)21-9-19-13-14(16)17-8-18-15(13)21/h8-11H,2-7H2,1H3,(H,22,23)(H2,16,17,18)/t10-,11+/m0/s1. The van der Waals surface area contributed by atoms with E-state index in [1.165, 1.54) is 6.33 Å². The maximum absolute atomic E-state index is 10.6. The fourth-order valence-electron chi connectivity index (χ4n) is 3.05. The van der Waals surface area contributed by atoms with Gasteiger partial charge in [-0.3, -0.25) is 9.36 Å². The second-order valence-corrected chi connectivity index (χ2v) is 6.13. The van der Waals surface area contributed by atoms with Crippen LogP contribution in [0.2, 0.25) is 0 Å². The predicted octanol–water partition coefficient (Wildman–Crippen LogP) is 0.883. The van der Waals surface area contributed by atoms with Crippen molar-refractivity contribution in [2.75, 3.05) is 25.9 Å². The molecular formula is C15H22N6O3. The molecule has 1 saturated heterocycles. The second-order valence-electron chi connectivity index (χ2n) is 6.13. The molecule has 9 nitrogen and oxygen atoms in total. The topological polar surface area (TPSA) is 119 Å². The Morgan fingerprint density at radius 2 is 2.29 bits per heavy atom. The van der Waals surface area contributed by atoms with E-state index in [9.17, 15) is 4.79 Å². The summed E-state index contributed by atoms with van der Waals surface area (Å²) in [5.41, 5.74) is 7.09. The van der Waals surface area contributed by atoms with Gasteiger partial charge >= 0.3 is 5.97 Å². The molecule has 0 aromatic carbocycles. The number of aliphatic carboxylic acids is 1. The molecule has 0 aliphatic carbocycles. The number of hydrogen-bond donors (Lipinski definition) is 2. The van der Waals surface area contributed by atoms with Gasteiger partial charge in [0, 0.05) is 13.0 Å². The first-order valence-electron chi connectivity index (χ1n) is 8.03. The van der Waals surface area contributed by atoms with Crippen LogP contribution in [0.4, 0.5) is 5.82 Å². The number of imidazole rings is 1. The first kappa shape index (κ1) is 16.6. The van der Waals surface area contributed by atoms with Gasteiger partial charge in [0.25, 0.3) is 0 Å². The Balaban J connectivity index is 1.57. The van der Waals surface area contributed by atoms with Gasteiger partial charge in [0.1, 0.15) is 18.1 Å². The van der Waals surface area contributed by atoms with Crippen molar-refractivity contribution < 1.29 is 14.6 Å². The van der Waals surface area contributed by atoms with Gasteiger partial charge in [0.2, 0.25) is 0 Å². The van der Waals surface area contributed by atoms with Crippen molar-refractivity contribution in [2.24, 2.45) is 0 Å². The van der Waals surface area contributed by atoms with Gasteiger partial charge in [-0.25, -0.2) is 15.0 Å². The normalized spacial score (nSPS) is 20.9. The fraction of sp³-hybridized carbons (Fsp3) is 0.600. The fourth-order valence-corrected chi connectivity index (χ4v) is 3.05. The lowest BCUT2D eigenvalue weighted by molar-refractivity contribution is -0.137. The van der Waals surface area contributed by atoms with E-state index in [1.807, 2.05) is 11.6 Å². The lowest BCUT2D eigenvalue weighted by Crippen LogP contribution is -2.30. The van der Waals surface area contributed by atoms with Crippen molar-refractivity contribution in [3.63, 3.8) is 0 Å². The number of anilines is 1. The summed E-state index contributed by atoms with van der Waals surface area (Å²) in [4.78, 5) is 25.1. The summed E-state index contributed by atoms with van der Waals surface area (Å²) >= 11 is 0. The number of fused-ring (bicyclic) bond motifs is 1. The number of rotatable bonds is 7. The highest BCUT2D eigenvalue weighted by molar-refractivity contribution is 5.81. The van der Waals surface area contributed by atoms with Crippen molar-refractivity contribution in [3.05, 3.63) is 12.7 Å². The molecule has 2 aromatic heterocycles. The Morgan fingerprint density at radius 1 is 1.46 bits per heavy atom. The third kappa shape index (κ3) is 3.62. The molecule has 3 N–H and O–H groups in total. The largest absolute Gasteiger partial charge is 0.481 e. The van der Waals surface area contributed by atoms with Crippen molar-refractivity contribution in [1.29, 1.82) is 0 Å². The molecule has 1 fully saturated rings. The summed E-state index contributed by atoms with van der Waals surface area (Å²) in [6, 6.07) is 0. The van der Waals surface area contributed by atoms with Gasteiger partial charge < -0.3 is 20.5 Å². The van der Waals surface area contributed by atoms with Crippen molar-refractivity contribution in [1.82, 2.24) is 24.4 Å². The maximum atomic E-state index is 10.6. The van der Waals surface area contributed by atoms with Crippen molar-refractivity contribution in [2.45, 2.75) is 38.0 Å². The SMILES string of the molecule is CN(CCCC(=O)O)C[C@@H]1CC[C@H](n2cnc3c(N)ncnc32)O1. The predicted molar refractivity (Wildman–Crippen MR) is 87.2 cm³/mol. The van der Waals surface area contributed by atoms with E-state index in [2.05, 4.69) is 19.9 Å². The third-order valence-electron chi connectivity index (χ3n) is 4.23. The number of ether oxygens (including phenoxy) is 1. The molecule has 0 radical (unpaired) electrons. The van der Waals surface area contributed by atoms with E-state index in [1.54, 1.807) is 6.33 Å². The number of carboxylic acids is 1. The molecule has 3 rings (SSSR count). The quantitative estimate of drug-likeness (QED) is 0.766. The molecule has 0 bridgehead atoms. The van der Waals surface area contributed by atoms with Crippen molar-refractivity contribution >= 4 is 23.0 Å². The zero-order valence-corrected chi connectivity index (χ0v) is 13.6. The number of carboxylic acid groups (broad SMARTS) is 1. The van der Waals surface area contributed by atoms with Crippen LogP contribution in [0.15, 0.2) is 12.7 Å². The molecule has 130 valence electrons. The van der Waals surface area contributed by atoms with Gasteiger partial charge in [-0.2, -0.15) is 0 Å². The Bertz CT molecular complexity index is 718. The van der Waals surface area contributed by atoms with E-state index in [4.69, 9.17) is 15.6 Å². The molecule has 24 heavy (non-hydrogen) atoms. The monoisotopic (exact) mass is 334 g/mol. The first-order valence-corrected chi connectivity index (χ1v) is 8.03. The number of nitrogens with two attached hydrogens (primary N) is 1. The van der Waals surface area contributed by atoms with Gasteiger partial charge in [0.05, 0.1) is 12.4 Å². The number of likely N-dealkylation sites (N-methyl/N-ethyl adjacent to an activating group) is 1. The molecule has 2 atom stereocenters. The average Bonchev–Trinajstić information content (AvgIpc) is 3.14. The lowest BCUT2D eigenvalue weighted by atomic mass is 10.2. The Hall–Kier alpha value is -2.26. The highest BCUT2D eigenvalue weighted by atomic mass is 16.5. The number of carbonyl (C=O) groups is 1. The summed E-state index contributed by atoms with van der Waals surface area (Å²) in [6.45, 7) is 1.52. The van der Waals surface area contributed by atoms with Crippen LogP contribution in [0.5, 0.6) is 0 Å².